The lowest BCUT2D eigenvalue weighted by Gasteiger charge is -2.04. The molecule has 0 aliphatic rings. The molecule has 5 nitrogen and oxygen atoms in total. The van der Waals surface area contributed by atoms with Crippen molar-refractivity contribution in [2.75, 3.05) is 19.7 Å². The van der Waals surface area contributed by atoms with E-state index in [9.17, 15) is 9.59 Å². The number of ether oxygens (including phenoxy) is 1. The van der Waals surface area contributed by atoms with Crippen molar-refractivity contribution in [1.82, 2.24) is 5.32 Å². The number of nitrogens with one attached hydrogen (secondary N) is 1. The van der Waals surface area contributed by atoms with Gasteiger partial charge in [-0.1, -0.05) is 6.58 Å². The smallest absolute Gasteiger partial charge is 0.293 e. The minimum atomic E-state index is -0.345. The third-order valence-corrected chi connectivity index (χ3v) is 1.08. The van der Waals surface area contributed by atoms with E-state index < -0.39 is 0 Å². The molecular formula is C7H12N2O3. The lowest BCUT2D eigenvalue weighted by Crippen LogP contribution is -2.31. The summed E-state index contributed by atoms with van der Waals surface area (Å²) in [6.45, 7) is 4.35. The zero-order valence-electron chi connectivity index (χ0n) is 6.71. The number of carbonyl (C=O) groups is 2. The van der Waals surface area contributed by atoms with Crippen LogP contribution in [0.5, 0.6) is 0 Å². The molecule has 1 amide bonds. The van der Waals surface area contributed by atoms with Crippen molar-refractivity contribution in [3.63, 3.8) is 0 Å². The van der Waals surface area contributed by atoms with E-state index in [4.69, 9.17) is 5.73 Å². The van der Waals surface area contributed by atoms with Gasteiger partial charge in [-0.25, -0.2) is 0 Å². The fraction of sp³-hybridized carbons (Fsp3) is 0.429. The van der Waals surface area contributed by atoms with Crippen LogP contribution in [0.4, 0.5) is 0 Å². The molecule has 0 aromatic rings. The maximum absolute atomic E-state index is 10.9. The second kappa shape index (κ2) is 6.36. The zero-order chi connectivity index (χ0) is 9.40. The average molecular weight is 172 g/mol. The fourth-order valence-electron chi connectivity index (χ4n) is 0.511. The number of rotatable bonds is 6. The molecular weight excluding hydrogens is 160 g/mol. The van der Waals surface area contributed by atoms with Crippen molar-refractivity contribution in [3.05, 3.63) is 12.2 Å². The van der Waals surface area contributed by atoms with Gasteiger partial charge in [0.2, 0.25) is 5.91 Å². The van der Waals surface area contributed by atoms with E-state index in [1.165, 1.54) is 0 Å². The SMILES string of the molecule is C=C(COC=O)C(=O)NCCN. The summed E-state index contributed by atoms with van der Waals surface area (Å²) >= 11 is 0. The van der Waals surface area contributed by atoms with Crippen LogP contribution in [0.25, 0.3) is 0 Å². The molecule has 0 fully saturated rings. The number of carbonyl (C=O) groups excluding carboxylic acids is 2. The predicted molar refractivity (Wildman–Crippen MR) is 43.2 cm³/mol. The highest BCUT2D eigenvalue weighted by Crippen LogP contribution is 1.89. The Balaban J connectivity index is 3.61. The van der Waals surface area contributed by atoms with Crippen molar-refractivity contribution < 1.29 is 14.3 Å². The van der Waals surface area contributed by atoms with Crippen LogP contribution in [0.15, 0.2) is 12.2 Å². The molecule has 3 N–H and O–H groups in total. The Morgan fingerprint density at radius 1 is 1.67 bits per heavy atom. The van der Waals surface area contributed by atoms with Crippen molar-refractivity contribution in [3.8, 4) is 0 Å². The lowest BCUT2D eigenvalue weighted by atomic mass is 10.3. The van der Waals surface area contributed by atoms with Gasteiger partial charge in [0.15, 0.2) is 0 Å². The van der Waals surface area contributed by atoms with Gasteiger partial charge in [-0.3, -0.25) is 9.59 Å². The Hall–Kier alpha value is -1.36. The van der Waals surface area contributed by atoms with Gasteiger partial charge in [0.25, 0.3) is 6.47 Å². The summed E-state index contributed by atoms with van der Waals surface area (Å²) in [6.07, 6.45) is 0. The van der Waals surface area contributed by atoms with Crippen LogP contribution >= 0.6 is 0 Å². The Labute approximate surface area is 70.6 Å². The van der Waals surface area contributed by atoms with Crippen LogP contribution in [0.1, 0.15) is 0 Å². The second-order valence-corrected chi connectivity index (χ2v) is 2.06. The van der Waals surface area contributed by atoms with Crippen molar-refractivity contribution in [2.24, 2.45) is 5.73 Å². The Kier molecular flexibility index (Phi) is 5.64. The highest BCUT2D eigenvalue weighted by Gasteiger charge is 2.04. The maximum Gasteiger partial charge on any atom is 0.293 e. The molecule has 0 aromatic heterocycles. The quantitative estimate of drug-likeness (QED) is 0.389. The van der Waals surface area contributed by atoms with Crippen LogP contribution in [-0.2, 0) is 14.3 Å². The van der Waals surface area contributed by atoms with Crippen LogP contribution < -0.4 is 11.1 Å². The Morgan fingerprint density at radius 3 is 2.83 bits per heavy atom. The molecule has 12 heavy (non-hydrogen) atoms. The summed E-state index contributed by atoms with van der Waals surface area (Å²) in [5.41, 5.74) is 5.35. The van der Waals surface area contributed by atoms with Crippen LogP contribution in [0, 0.1) is 0 Å². The molecule has 0 rings (SSSR count). The average Bonchev–Trinajstić information content (AvgIpc) is 2.10. The van der Waals surface area contributed by atoms with Crippen molar-refractivity contribution in [2.45, 2.75) is 0 Å². The number of hydrogen-bond acceptors (Lipinski definition) is 4. The van der Waals surface area contributed by atoms with Gasteiger partial charge in [0.1, 0.15) is 6.61 Å². The molecule has 0 aliphatic carbocycles. The molecule has 68 valence electrons. The van der Waals surface area contributed by atoms with Gasteiger partial charge in [-0.05, 0) is 0 Å². The minimum Gasteiger partial charge on any atom is -0.463 e. The summed E-state index contributed by atoms with van der Waals surface area (Å²) in [5, 5.41) is 2.48. The first-order valence-corrected chi connectivity index (χ1v) is 3.43. The molecule has 0 atom stereocenters. The maximum atomic E-state index is 10.9. The number of amides is 1. The van der Waals surface area contributed by atoms with E-state index in [0.717, 1.165) is 0 Å². The van der Waals surface area contributed by atoms with Gasteiger partial charge < -0.3 is 15.8 Å². The molecule has 0 saturated heterocycles. The fourth-order valence-corrected chi connectivity index (χ4v) is 0.511. The van der Waals surface area contributed by atoms with E-state index in [-0.39, 0.29) is 24.6 Å². The summed E-state index contributed by atoms with van der Waals surface area (Å²) < 4.78 is 4.32. The van der Waals surface area contributed by atoms with Crippen molar-refractivity contribution in [1.29, 1.82) is 0 Å². The van der Waals surface area contributed by atoms with Crippen LogP contribution in [0.2, 0.25) is 0 Å². The summed E-state index contributed by atoms with van der Waals surface area (Å²) in [4.78, 5) is 20.7. The molecule has 0 saturated carbocycles. The summed E-state index contributed by atoms with van der Waals surface area (Å²) in [5.74, 6) is -0.345. The minimum absolute atomic E-state index is 0.0834. The molecule has 0 radical (unpaired) electrons. The van der Waals surface area contributed by atoms with E-state index in [2.05, 4.69) is 16.6 Å². The van der Waals surface area contributed by atoms with Gasteiger partial charge >= 0.3 is 0 Å². The van der Waals surface area contributed by atoms with E-state index >= 15 is 0 Å². The van der Waals surface area contributed by atoms with Crippen molar-refractivity contribution >= 4 is 12.4 Å². The van der Waals surface area contributed by atoms with E-state index in [1.54, 1.807) is 0 Å². The van der Waals surface area contributed by atoms with Gasteiger partial charge in [0.05, 0.1) is 0 Å². The highest BCUT2D eigenvalue weighted by molar-refractivity contribution is 5.93. The van der Waals surface area contributed by atoms with Gasteiger partial charge in [0, 0.05) is 18.7 Å². The molecule has 0 aromatic carbocycles. The van der Waals surface area contributed by atoms with Gasteiger partial charge in [-0.15, -0.1) is 0 Å². The third-order valence-electron chi connectivity index (χ3n) is 1.08. The van der Waals surface area contributed by atoms with Crippen LogP contribution in [-0.4, -0.2) is 32.1 Å². The second-order valence-electron chi connectivity index (χ2n) is 2.06. The molecule has 0 unspecified atom stereocenters. The molecule has 0 aliphatic heterocycles. The Morgan fingerprint density at radius 2 is 2.33 bits per heavy atom. The van der Waals surface area contributed by atoms with E-state index in [1.807, 2.05) is 0 Å². The highest BCUT2D eigenvalue weighted by atomic mass is 16.5. The molecule has 0 heterocycles. The normalized spacial score (nSPS) is 8.75. The first kappa shape index (κ1) is 10.6. The summed E-state index contributed by atoms with van der Waals surface area (Å²) in [6, 6.07) is 0. The van der Waals surface area contributed by atoms with Gasteiger partial charge in [-0.2, -0.15) is 0 Å². The molecule has 5 heteroatoms. The first-order valence-electron chi connectivity index (χ1n) is 3.43. The number of nitrogens with two attached hydrogens (primary N) is 1. The standard InChI is InChI=1S/C7H12N2O3/c1-6(4-12-5-10)7(11)9-3-2-8/h5H,1-4,8H2,(H,9,11). The third kappa shape index (κ3) is 4.45. The monoisotopic (exact) mass is 172 g/mol. The first-order chi connectivity index (χ1) is 5.72. The zero-order valence-corrected chi connectivity index (χ0v) is 6.71. The summed E-state index contributed by atoms with van der Waals surface area (Å²) in [7, 11) is 0. The molecule has 0 bridgehead atoms. The topological polar surface area (TPSA) is 81.4 Å². The molecule has 0 spiro atoms. The Bertz CT molecular complexity index is 179. The number of hydrogen-bond donors (Lipinski definition) is 2. The predicted octanol–water partition coefficient (Wildman–Crippen LogP) is -1.21. The lowest BCUT2D eigenvalue weighted by molar-refractivity contribution is -0.128. The van der Waals surface area contributed by atoms with Crippen LogP contribution in [0.3, 0.4) is 0 Å². The van der Waals surface area contributed by atoms with E-state index in [0.29, 0.717) is 13.1 Å². The largest absolute Gasteiger partial charge is 0.463 e.